The second-order valence-electron chi connectivity index (χ2n) is 10.0. The number of ketones is 1. The summed E-state index contributed by atoms with van der Waals surface area (Å²) >= 11 is 0. The minimum absolute atomic E-state index is 0.0463. The number of hydrogen-bond donors (Lipinski definition) is 1. The number of aryl methyl sites for hydroxylation is 1. The maximum Gasteiger partial charge on any atom is 0.270 e. The van der Waals surface area contributed by atoms with Gasteiger partial charge in [0, 0.05) is 41.6 Å². The number of carbonyl (C=O) groups excluding carboxylic acids is 2. The molecule has 1 aromatic heterocycles. The van der Waals surface area contributed by atoms with Crippen LogP contribution >= 0.6 is 0 Å². The highest BCUT2D eigenvalue weighted by Crippen LogP contribution is 2.32. The van der Waals surface area contributed by atoms with E-state index >= 15 is 0 Å². The summed E-state index contributed by atoms with van der Waals surface area (Å²) in [7, 11) is 0. The summed E-state index contributed by atoms with van der Waals surface area (Å²) in [6.45, 7) is 9.51. The Morgan fingerprint density at radius 1 is 0.897 bits per heavy atom. The van der Waals surface area contributed by atoms with Crippen LogP contribution in [0.25, 0.3) is 11.0 Å². The molecular formula is C31H41N3O5. The van der Waals surface area contributed by atoms with Crippen LogP contribution in [0.4, 0.5) is 11.4 Å². The Kier molecular flexibility index (Phi) is 11.7. The number of non-ortho nitro benzene ring substituents is 1. The van der Waals surface area contributed by atoms with Crippen LogP contribution < -0.4 is 5.32 Å². The van der Waals surface area contributed by atoms with Crippen LogP contribution in [0.5, 0.6) is 0 Å². The Hall–Kier alpha value is -3.52. The Morgan fingerprint density at radius 3 is 2.15 bits per heavy atom. The summed E-state index contributed by atoms with van der Waals surface area (Å²) in [5.41, 5.74) is 1.81. The van der Waals surface area contributed by atoms with Crippen LogP contribution in [0.3, 0.4) is 0 Å². The number of nitro benzene ring substituents is 1. The predicted octanol–water partition coefficient (Wildman–Crippen LogP) is 7.54. The van der Waals surface area contributed by atoms with Crippen molar-refractivity contribution in [2.45, 2.75) is 78.6 Å². The number of unbranched alkanes of at least 4 members (excludes halogenated alkanes) is 3. The minimum Gasteiger partial charge on any atom is -0.460 e. The average molecular weight is 536 g/mol. The molecule has 8 nitrogen and oxygen atoms in total. The zero-order valence-electron chi connectivity index (χ0n) is 23.5. The number of hydrogen-bond acceptors (Lipinski definition) is 6. The molecule has 1 heterocycles. The van der Waals surface area contributed by atoms with Crippen LogP contribution in [0.1, 0.15) is 93.8 Å². The molecule has 0 spiro atoms. The molecular weight excluding hydrogens is 494 g/mol. The minimum atomic E-state index is -0.474. The average Bonchev–Trinajstić information content (AvgIpc) is 3.30. The number of nitro groups is 1. The number of carbonyl (C=O) groups is 2. The summed E-state index contributed by atoms with van der Waals surface area (Å²) in [6.07, 6.45) is 8.25. The van der Waals surface area contributed by atoms with E-state index in [1.165, 1.54) is 37.8 Å². The van der Waals surface area contributed by atoms with Gasteiger partial charge in [-0.2, -0.15) is 0 Å². The topological polar surface area (TPSA) is 106 Å². The lowest BCUT2D eigenvalue weighted by Crippen LogP contribution is -2.28. The molecule has 0 saturated heterocycles. The molecule has 3 rings (SSSR count). The lowest BCUT2D eigenvalue weighted by Gasteiger charge is -2.21. The van der Waals surface area contributed by atoms with Gasteiger partial charge >= 0.3 is 0 Å². The zero-order valence-corrected chi connectivity index (χ0v) is 23.5. The molecule has 8 heteroatoms. The van der Waals surface area contributed by atoms with Crippen molar-refractivity contribution >= 4 is 34.0 Å². The Morgan fingerprint density at radius 2 is 1.54 bits per heavy atom. The maximum absolute atomic E-state index is 13.6. The molecule has 0 aliphatic carbocycles. The molecule has 210 valence electrons. The summed E-state index contributed by atoms with van der Waals surface area (Å²) < 4.78 is 5.95. The molecule has 39 heavy (non-hydrogen) atoms. The van der Waals surface area contributed by atoms with Crippen LogP contribution in [0, 0.1) is 10.1 Å². The second-order valence-corrected chi connectivity index (χ2v) is 10.0. The number of nitrogens with zero attached hydrogens (tertiary/aromatic N) is 2. The lowest BCUT2D eigenvalue weighted by atomic mass is 9.98. The van der Waals surface area contributed by atoms with Gasteiger partial charge in [0.2, 0.25) is 5.91 Å². The Labute approximate surface area is 230 Å². The van der Waals surface area contributed by atoms with E-state index in [-0.39, 0.29) is 17.4 Å². The van der Waals surface area contributed by atoms with E-state index in [0.717, 1.165) is 38.9 Å². The van der Waals surface area contributed by atoms with E-state index in [2.05, 4.69) is 31.0 Å². The van der Waals surface area contributed by atoms with Gasteiger partial charge in [0.15, 0.2) is 5.78 Å². The van der Waals surface area contributed by atoms with Gasteiger partial charge in [-0.25, -0.2) is 0 Å². The number of rotatable bonds is 17. The number of anilines is 1. The van der Waals surface area contributed by atoms with Crippen molar-refractivity contribution in [3.63, 3.8) is 0 Å². The first-order valence-corrected chi connectivity index (χ1v) is 14.2. The molecule has 2 aromatic carbocycles. The maximum atomic E-state index is 13.6. The van der Waals surface area contributed by atoms with E-state index in [0.29, 0.717) is 46.4 Å². The van der Waals surface area contributed by atoms with Crippen molar-refractivity contribution in [2.24, 2.45) is 0 Å². The molecule has 0 radical (unpaired) electrons. The van der Waals surface area contributed by atoms with Crippen molar-refractivity contribution in [2.75, 3.05) is 25.0 Å². The summed E-state index contributed by atoms with van der Waals surface area (Å²) in [5.74, 6) is 0.245. The van der Waals surface area contributed by atoms with Gasteiger partial charge in [0.1, 0.15) is 11.3 Å². The summed E-state index contributed by atoms with van der Waals surface area (Å²) in [4.78, 5) is 39.4. The van der Waals surface area contributed by atoms with Gasteiger partial charge in [0.05, 0.1) is 10.5 Å². The third kappa shape index (κ3) is 8.48. The first-order valence-electron chi connectivity index (χ1n) is 14.2. The van der Waals surface area contributed by atoms with Gasteiger partial charge in [-0.1, -0.05) is 40.0 Å². The quantitative estimate of drug-likeness (QED) is 0.109. The number of fused-ring (bicyclic) bond motifs is 1. The summed E-state index contributed by atoms with van der Waals surface area (Å²) in [5, 5.41) is 14.7. The number of nitrogens with one attached hydrogen (secondary N) is 1. The standard InChI is InChI=1S/C31H41N3O5/c1-4-7-11-28-30(26-22-25(34(37)38)17-18-27(26)39-28)31(36)23-13-15-24(16-14-23)32-29(35)12-10-21-33(19-8-5-2)20-9-6-3/h13-18,22H,4-12,19-21H2,1-3H3,(H,32,35). The molecule has 1 amide bonds. The van der Waals surface area contributed by atoms with Crippen LogP contribution in [-0.2, 0) is 11.2 Å². The van der Waals surface area contributed by atoms with Crippen LogP contribution in [-0.4, -0.2) is 41.1 Å². The third-order valence-electron chi connectivity index (χ3n) is 6.90. The van der Waals surface area contributed by atoms with E-state index < -0.39 is 4.92 Å². The molecule has 0 saturated carbocycles. The molecule has 0 fully saturated rings. The zero-order chi connectivity index (χ0) is 28.2. The fraction of sp³-hybridized carbons (Fsp3) is 0.484. The molecule has 0 aliphatic rings. The van der Waals surface area contributed by atoms with Gasteiger partial charge in [-0.3, -0.25) is 19.7 Å². The lowest BCUT2D eigenvalue weighted by molar-refractivity contribution is -0.384. The highest BCUT2D eigenvalue weighted by atomic mass is 16.6. The van der Waals surface area contributed by atoms with Gasteiger partial charge in [-0.05, 0) is 75.6 Å². The summed E-state index contributed by atoms with van der Waals surface area (Å²) in [6, 6.07) is 11.1. The second kappa shape index (κ2) is 15.2. The molecule has 0 aliphatic heterocycles. The number of benzene rings is 2. The normalized spacial score (nSPS) is 11.3. The molecule has 3 aromatic rings. The third-order valence-corrected chi connectivity index (χ3v) is 6.90. The molecule has 0 unspecified atom stereocenters. The first-order chi connectivity index (χ1) is 18.9. The number of furan rings is 1. The number of amides is 1. The van der Waals surface area contributed by atoms with E-state index in [1.807, 2.05) is 0 Å². The van der Waals surface area contributed by atoms with Crippen molar-refractivity contribution in [3.8, 4) is 0 Å². The van der Waals surface area contributed by atoms with Crippen LogP contribution in [0.15, 0.2) is 46.9 Å². The fourth-order valence-corrected chi connectivity index (χ4v) is 4.65. The predicted molar refractivity (Wildman–Crippen MR) is 155 cm³/mol. The van der Waals surface area contributed by atoms with Crippen molar-refractivity contribution < 1.29 is 18.9 Å². The van der Waals surface area contributed by atoms with Gasteiger partial charge < -0.3 is 14.6 Å². The first kappa shape index (κ1) is 30.0. The van der Waals surface area contributed by atoms with E-state index in [4.69, 9.17) is 4.42 Å². The largest absolute Gasteiger partial charge is 0.460 e. The van der Waals surface area contributed by atoms with Crippen molar-refractivity contribution in [1.82, 2.24) is 4.90 Å². The van der Waals surface area contributed by atoms with E-state index in [9.17, 15) is 19.7 Å². The molecule has 0 atom stereocenters. The Bertz CT molecular complexity index is 1240. The van der Waals surface area contributed by atoms with Gasteiger partial charge in [-0.15, -0.1) is 0 Å². The molecule has 1 N–H and O–H groups in total. The van der Waals surface area contributed by atoms with Crippen molar-refractivity contribution in [3.05, 3.63) is 69.5 Å². The van der Waals surface area contributed by atoms with Crippen LogP contribution in [0.2, 0.25) is 0 Å². The Balaban J connectivity index is 1.67. The molecule has 0 bridgehead atoms. The SMILES string of the molecule is CCCCc1oc2ccc([N+](=O)[O-])cc2c1C(=O)c1ccc(NC(=O)CCCN(CCCC)CCCC)cc1. The van der Waals surface area contributed by atoms with Crippen molar-refractivity contribution in [1.29, 1.82) is 0 Å². The van der Waals surface area contributed by atoms with Gasteiger partial charge in [0.25, 0.3) is 5.69 Å². The van der Waals surface area contributed by atoms with E-state index in [1.54, 1.807) is 30.3 Å². The highest BCUT2D eigenvalue weighted by Gasteiger charge is 2.23. The smallest absolute Gasteiger partial charge is 0.270 e. The highest BCUT2D eigenvalue weighted by molar-refractivity contribution is 6.17. The monoisotopic (exact) mass is 535 g/mol. The fourth-order valence-electron chi connectivity index (χ4n) is 4.65.